The van der Waals surface area contributed by atoms with E-state index in [4.69, 9.17) is 4.74 Å². The van der Waals surface area contributed by atoms with Crippen LogP contribution in [0.15, 0.2) is 6.20 Å². The third-order valence-electron chi connectivity index (χ3n) is 3.26. The summed E-state index contributed by atoms with van der Waals surface area (Å²) in [6, 6.07) is -0.420. The van der Waals surface area contributed by atoms with Crippen LogP contribution in [0, 0.1) is 6.92 Å². The van der Waals surface area contributed by atoms with Crippen LogP contribution in [0.3, 0.4) is 0 Å². The molecular formula is C13H18N4O4. The maximum Gasteiger partial charge on any atom is 0.342 e. The lowest BCUT2D eigenvalue weighted by Gasteiger charge is -2.13. The van der Waals surface area contributed by atoms with Crippen molar-refractivity contribution in [3.8, 4) is 0 Å². The molecule has 0 aliphatic heterocycles. The number of ether oxygens (including phenoxy) is 1. The first-order chi connectivity index (χ1) is 9.88. The predicted molar refractivity (Wildman–Crippen MR) is 72.5 cm³/mol. The molecule has 1 unspecified atom stereocenters. The fourth-order valence-electron chi connectivity index (χ4n) is 1.64. The van der Waals surface area contributed by atoms with Crippen molar-refractivity contribution in [2.75, 3.05) is 0 Å². The van der Waals surface area contributed by atoms with E-state index < -0.39 is 24.0 Å². The summed E-state index contributed by atoms with van der Waals surface area (Å²) >= 11 is 0. The molecule has 3 amide bonds. The molecule has 8 nitrogen and oxygen atoms in total. The molecular weight excluding hydrogens is 276 g/mol. The van der Waals surface area contributed by atoms with Crippen LogP contribution in [0.25, 0.3) is 0 Å². The zero-order valence-corrected chi connectivity index (χ0v) is 12.2. The third-order valence-corrected chi connectivity index (χ3v) is 3.26. The van der Waals surface area contributed by atoms with Crippen molar-refractivity contribution in [3.63, 3.8) is 0 Å². The van der Waals surface area contributed by atoms with Crippen LogP contribution < -0.4 is 10.6 Å². The molecule has 2 N–H and O–H groups in total. The molecule has 0 saturated heterocycles. The molecule has 8 heteroatoms. The zero-order valence-electron chi connectivity index (χ0n) is 12.2. The molecule has 2 rings (SSSR count). The quantitative estimate of drug-likeness (QED) is 0.776. The smallest absolute Gasteiger partial charge is 0.342 e. The van der Waals surface area contributed by atoms with E-state index in [-0.39, 0.29) is 6.04 Å². The number of hydrogen-bond donors (Lipinski definition) is 2. The average Bonchev–Trinajstić information content (AvgIpc) is 3.15. The van der Waals surface area contributed by atoms with Gasteiger partial charge in [-0.1, -0.05) is 0 Å². The number of hydrogen-bond acceptors (Lipinski definition) is 5. The van der Waals surface area contributed by atoms with Gasteiger partial charge < -0.3 is 10.1 Å². The van der Waals surface area contributed by atoms with Gasteiger partial charge in [0.15, 0.2) is 6.10 Å². The third kappa shape index (κ3) is 3.80. The van der Waals surface area contributed by atoms with E-state index in [0.29, 0.717) is 11.3 Å². The SMILES string of the molecule is Cc1c(C(=O)OC(C)C(=O)NC(=O)NC2CC2)cnn1C. The van der Waals surface area contributed by atoms with Crippen LogP contribution in [0.1, 0.15) is 35.8 Å². The first kappa shape index (κ1) is 15.0. The van der Waals surface area contributed by atoms with Gasteiger partial charge in [0, 0.05) is 18.8 Å². The van der Waals surface area contributed by atoms with Crippen molar-refractivity contribution < 1.29 is 19.1 Å². The van der Waals surface area contributed by atoms with Crippen molar-refractivity contribution in [1.29, 1.82) is 0 Å². The lowest BCUT2D eigenvalue weighted by molar-refractivity contribution is -0.127. The fraction of sp³-hybridized carbons (Fsp3) is 0.538. The average molecular weight is 294 g/mol. The highest BCUT2D eigenvalue weighted by atomic mass is 16.5. The van der Waals surface area contributed by atoms with E-state index in [1.165, 1.54) is 17.8 Å². The lowest BCUT2D eigenvalue weighted by Crippen LogP contribution is -2.45. The van der Waals surface area contributed by atoms with Crippen molar-refractivity contribution in [2.45, 2.75) is 38.8 Å². The monoisotopic (exact) mass is 294 g/mol. The molecule has 21 heavy (non-hydrogen) atoms. The molecule has 0 spiro atoms. The number of aryl methyl sites for hydroxylation is 1. The summed E-state index contributed by atoms with van der Waals surface area (Å²) in [6.07, 6.45) is 2.16. The van der Waals surface area contributed by atoms with Gasteiger partial charge in [-0.3, -0.25) is 14.8 Å². The first-order valence-corrected chi connectivity index (χ1v) is 6.69. The number of nitrogens with one attached hydrogen (secondary N) is 2. The van der Waals surface area contributed by atoms with E-state index in [9.17, 15) is 14.4 Å². The van der Waals surface area contributed by atoms with E-state index >= 15 is 0 Å². The lowest BCUT2D eigenvalue weighted by atomic mass is 10.2. The van der Waals surface area contributed by atoms with Gasteiger partial charge in [-0.25, -0.2) is 9.59 Å². The molecule has 1 aliphatic rings. The summed E-state index contributed by atoms with van der Waals surface area (Å²) < 4.78 is 6.56. The second-order valence-corrected chi connectivity index (χ2v) is 5.05. The van der Waals surface area contributed by atoms with Gasteiger partial charge in [0.2, 0.25) is 0 Å². The number of urea groups is 1. The van der Waals surface area contributed by atoms with Crippen molar-refractivity contribution >= 4 is 17.9 Å². The Balaban J connectivity index is 1.86. The van der Waals surface area contributed by atoms with Crippen LogP contribution in [0.2, 0.25) is 0 Å². The summed E-state index contributed by atoms with van der Waals surface area (Å²) in [5.41, 5.74) is 0.929. The Kier molecular flexibility index (Phi) is 4.25. The minimum atomic E-state index is -1.07. The van der Waals surface area contributed by atoms with Gasteiger partial charge in [-0.05, 0) is 26.7 Å². The van der Waals surface area contributed by atoms with Crippen molar-refractivity contribution in [2.24, 2.45) is 7.05 Å². The van der Waals surface area contributed by atoms with Gasteiger partial charge in [0.25, 0.3) is 5.91 Å². The largest absolute Gasteiger partial charge is 0.449 e. The Morgan fingerprint density at radius 2 is 2.10 bits per heavy atom. The van der Waals surface area contributed by atoms with Gasteiger partial charge in [0.1, 0.15) is 5.56 Å². The summed E-state index contributed by atoms with van der Waals surface area (Å²) in [5.74, 6) is -1.31. The Hall–Kier alpha value is -2.38. The van der Waals surface area contributed by atoms with Crippen LogP contribution in [-0.4, -0.2) is 39.8 Å². The number of carbonyl (C=O) groups excluding carboxylic acids is 3. The first-order valence-electron chi connectivity index (χ1n) is 6.69. The minimum absolute atomic E-state index is 0.147. The van der Waals surface area contributed by atoms with E-state index in [2.05, 4.69) is 15.7 Å². The highest BCUT2D eigenvalue weighted by molar-refractivity contribution is 5.98. The molecule has 0 radical (unpaired) electrons. The number of aromatic nitrogens is 2. The maximum atomic E-state index is 11.9. The summed E-state index contributed by atoms with van der Waals surface area (Å²) in [4.78, 5) is 35.1. The molecule has 114 valence electrons. The van der Waals surface area contributed by atoms with Crippen molar-refractivity contribution in [1.82, 2.24) is 20.4 Å². The number of imide groups is 1. The topological polar surface area (TPSA) is 102 Å². The molecule has 1 atom stereocenters. The van der Waals surface area contributed by atoms with Crippen LogP contribution in [-0.2, 0) is 16.6 Å². The highest BCUT2D eigenvalue weighted by Gasteiger charge is 2.26. The molecule has 0 aromatic carbocycles. The number of carbonyl (C=O) groups is 3. The molecule has 1 saturated carbocycles. The second kappa shape index (κ2) is 5.94. The van der Waals surface area contributed by atoms with E-state index in [0.717, 1.165) is 12.8 Å². The van der Waals surface area contributed by atoms with Crippen LogP contribution in [0.4, 0.5) is 4.79 Å². The van der Waals surface area contributed by atoms with Gasteiger partial charge in [0.05, 0.1) is 6.20 Å². The van der Waals surface area contributed by atoms with Crippen LogP contribution in [0.5, 0.6) is 0 Å². The Morgan fingerprint density at radius 1 is 1.43 bits per heavy atom. The molecule has 1 aromatic heterocycles. The van der Waals surface area contributed by atoms with Gasteiger partial charge in [-0.15, -0.1) is 0 Å². The fourth-order valence-corrected chi connectivity index (χ4v) is 1.64. The summed E-state index contributed by atoms with van der Waals surface area (Å²) in [5, 5.41) is 8.68. The standard InChI is InChI=1S/C13H18N4O4/c1-7-10(6-14-17(7)3)12(19)21-8(2)11(18)16-13(20)15-9-4-5-9/h6,8-9H,4-5H2,1-3H3,(H2,15,16,18,20). The summed E-state index contributed by atoms with van der Waals surface area (Å²) in [6.45, 7) is 3.13. The number of rotatable bonds is 4. The number of amides is 3. The van der Waals surface area contributed by atoms with E-state index in [1.807, 2.05) is 0 Å². The molecule has 1 fully saturated rings. The zero-order chi connectivity index (χ0) is 15.6. The summed E-state index contributed by atoms with van der Waals surface area (Å²) in [7, 11) is 1.70. The van der Waals surface area contributed by atoms with Gasteiger partial charge in [-0.2, -0.15) is 5.10 Å². The molecule has 0 bridgehead atoms. The van der Waals surface area contributed by atoms with E-state index in [1.54, 1.807) is 14.0 Å². The minimum Gasteiger partial charge on any atom is -0.449 e. The molecule has 1 heterocycles. The maximum absolute atomic E-state index is 11.9. The Morgan fingerprint density at radius 3 is 2.62 bits per heavy atom. The Labute approximate surface area is 121 Å². The second-order valence-electron chi connectivity index (χ2n) is 5.05. The van der Waals surface area contributed by atoms with Gasteiger partial charge >= 0.3 is 12.0 Å². The van der Waals surface area contributed by atoms with Crippen LogP contribution >= 0.6 is 0 Å². The molecule has 1 aliphatic carbocycles. The predicted octanol–water partition coefficient (Wildman–Crippen LogP) is 0.262. The Bertz CT molecular complexity index is 577. The molecule has 1 aromatic rings. The van der Waals surface area contributed by atoms with Crippen molar-refractivity contribution in [3.05, 3.63) is 17.5 Å². The number of esters is 1. The normalized spacial score (nSPS) is 15.2. The highest BCUT2D eigenvalue weighted by Crippen LogP contribution is 2.18. The number of nitrogens with zero attached hydrogens (tertiary/aromatic N) is 2.